The van der Waals surface area contributed by atoms with E-state index in [0.29, 0.717) is 5.52 Å². The normalized spacial score (nSPS) is 10.8. The summed E-state index contributed by atoms with van der Waals surface area (Å²) in [5.74, 6) is 0.733. The van der Waals surface area contributed by atoms with Gasteiger partial charge in [0, 0.05) is 21.1 Å². The quantitative estimate of drug-likeness (QED) is 0.659. The molecule has 0 fully saturated rings. The van der Waals surface area contributed by atoms with Crippen molar-refractivity contribution in [1.82, 2.24) is 19.5 Å². The fourth-order valence-corrected chi connectivity index (χ4v) is 1.25. The molecule has 0 unspecified atom stereocenters. The average Bonchev–Trinajstić information content (AvgIpc) is 2.57. The number of aromatic nitrogens is 4. The van der Waals surface area contributed by atoms with Crippen molar-refractivity contribution in [1.29, 1.82) is 5.41 Å². The minimum atomic E-state index is 0.221. The lowest BCUT2D eigenvalue weighted by Crippen LogP contribution is -2.11. The van der Waals surface area contributed by atoms with Gasteiger partial charge in [-0.15, -0.1) is 0 Å². The first-order valence-corrected chi connectivity index (χ1v) is 4.23. The van der Waals surface area contributed by atoms with E-state index in [2.05, 4.69) is 15.0 Å². The lowest BCUT2D eigenvalue weighted by atomic mass is 10.5. The monoisotopic (exact) mass is 192 g/mol. The fourth-order valence-electron chi connectivity index (χ4n) is 1.25. The van der Waals surface area contributed by atoms with Crippen LogP contribution in [0.2, 0.25) is 0 Å². The molecule has 0 saturated heterocycles. The third-order valence-corrected chi connectivity index (χ3v) is 2.03. The summed E-state index contributed by atoms with van der Waals surface area (Å²) < 4.78 is 1.79. The summed E-state index contributed by atoms with van der Waals surface area (Å²) in [5.41, 5.74) is 1.63. The second kappa shape index (κ2) is 2.83. The number of aromatic amines is 1. The van der Waals surface area contributed by atoms with Gasteiger partial charge in [0.15, 0.2) is 11.1 Å². The Labute approximate surface area is 80.7 Å². The number of nitrogens with one attached hydrogen (secondary N) is 2. The van der Waals surface area contributed by atoms with Gasteiger partial charge in [-0.25, -0.2) is 4.98 Å². The van der Waals surface area contributed by atoms with Gasteiger partial charge in [-0.05, 0) is 0 Å². The lowest BCUT2D eigenvalue weighted by Gasteiger charge is -2.05. The summed E-state index contributed by atoms with van der Waals surface area (Å²) in [7, 11) is 5.65. The first kappa shape index (κ1) is 8.74. The Morgan fingerprint density at radius 1 is 1.50 bits per heavy atom. The molecule has 0 aliphatic carbocycles. The number of imidazole rings is 1. The Bertz CT molecular complexity index is 520. The standard InChI is InChI=1S/C8H12N6/c1-13(2)8-11-5-6(9)10-4-14(3)7(5)12-8/h4,9H,1-3H3,(H,11,12). The largest absolute Gasteiger partial charge is 0.348 e. The predicted molar refractivity (Wildman–Crippen MR) is 53.0 cm³/mol. The molecule has 2 N–H and O–H groups in total. The van der Waals surface area contributed by atoms with E-state index in [1.807, 2.05) is 26.0 Å². The molecule has 0 spiro atoms. The fraction of sp³-hybridized carbons (Fsp3) is 0.375. The number of H-pyrrole nitrogens is 1. The Kier molecular flexibility index (Phi) is 1.77. The summed E-state index contributed by atoms with van der Waals surface area (Å²) in [6, 6.07) is 0. The molecule has 2 heterocycles. The Morgan fingerprint density at radius 2 is 2.21 bits per heavy atom. The minimum absolute atomic E-state index is 0.221. The van der Waals surface area contributed by atoms with Gasteiger partial charge in [-0.2, -0.15) is 4.98 Å². The zero-order chi connectivity index (χ0) is 10.3. The summed E-state index contributed by atoms with van der Waals surface area (Å²) in [5, 5.41) is 7.60. The highest BCUT2D eigenvalue weighted by molar-refractivity contribution is 5.72. The summed E-state index contributed by atoms with van der Waals surface area (Å²) >= 11 is 0. The van der Waals surface area contributed by atoms with Crippen LogP contribution in [-0.4, -0.2) is 33.6 Å². The van der Waals surface area contributed by atoms with Gasteiger partial charge in [-0.3, -0.25) is 5.41 Å². The molecule has 0 radical (unpaired) electrons. The zero-order valence-corrected chi connectivity index (χ0v) is 8.37. The van der Waals surface area contributed by atoms with E-state index >= 15 is 0 Å². The van der Waals surface area contributed by atoms with E-state index in [-0.39, 0.29) is 5.49 Å². The van der Waals surface area contributed by atoms with E-state index in [1.54, 1.807) is 10.9 Å². The molecule has 0 saturated carbocycles. The highest BCUT2D eigenvalue weighted by Crippen LogP contribution is 2.10. The maximum absolute atomic E-state index is 7.60. The van der Waals surface area contributed by atoms with Crippen molar-refractivity contribution in [2.24, 2.45) is 7.05 Å². The topological polar surface area (TPSA) is 73.6 Å². The molecule has 0 aliphatic heterocycles. The van der Waals surface area contributed by atoms with Crippen LogP contribution in [0.15, 0.2) is 6.33 Å². The maximum atomic E-state index is 7.60. The molecule has 2 rings (SSSR count). The van der Waals surface area contributed by atoms with Crippen molar-refractivity contribution >= 4 is 17.1 Å². The SMILES string of the molecule is CN(C)c1nc2c([nH]1)c(=N)ncn2C. The van der Waals surface area contributed by atoms with E-state index in [0.717, 1.165) is 11.6 Å². The number of aryl methyl sites for hydroxylation is 1. The van der Waals surface area contributed by atoms with Gasteiger partial charge < -0.3 is 14.5 Å². The minimum Gasteiger partial charge on any atom is -0.348 e. The van der Waals surface area contributed by atoms with Crippen LogP contribution in [0.25, 0.3) is 11.2 Å². The number of hydrogen-bond donors (Lipinski definition) is 2. The Balaban J connectivity index is 2.82. The first-order chi connectivity index (χ1) is 6.59. The van der Waals surface area contributed by atoms with Crippen molar-refractivity contribution in [3.05, 3.63) is 11.8 Å². The van der Waals surface area contributed by atoms with Crippen LogP contribution < -0.4 is 10.4 Å². The number of anilines is 1. The van der Waals surface area contributed by atoms with Crippen LogP contribution in [0.1, 0.15) is 0 Å². The van der Waals surface area contributed by atoms with Crippen molar-refractivity contribution < 1.29 is 0 Å². The summed E-state index contributed by atoms with van der Waals surface area (Å²) in [4.78, 5) is 13.2. The van der Waals surface area contributed by atoms with Crippen molar-refractivity contribution in [2.75, 3.05) is 19.0 Å². The molecule has 0 aliphatic rings. The highest BCUT2D eigenvalue weighted by Gasteiger charge is 2.07. The van der Waals surface area contributed by atoms with E-state index in [4.69, 9.17) is 5.41 Å². The Hall–Kier alpha value is -1.85. The molecule has 0 atom stereocenters. The maximum Gasteiger partial charge on any atom is 0.204 e. The molecular weight excluding hydrogens is 180 g/mol. The molecule has 2 aromatic rings. The molecule has 6 heteroatoms. The van der Waals surface area contributed by atoms with Gasteiger partial charge in [-0.1, -0.05) is 0 Å². The van der Waals surface area contributed by atoms with Gasteiger partial charge in [0.2, 0.25) is 5.95 Å². The van der Waals surface area contributed by atoms with Crippen LogP contribution in [0.5, 0.6) is 0 Å². The van der Waals surface area contributed by atoms with Crippen molar-refractivity contribution in [3.8, 4) is 0 Å². The van der Waals surface area contributed by atoms with Gasteiger partial charge >= 0.3 is 0 Å². The van der Waals surface area contributed by atoms with Crippen molar-refractivity contribution in [2.45, 2.75) is 0 Å². The molecule has 74 valence electrons. The molecule has 2 aromatic heterocycles. The third-order valence-electron chi connectivity index (χ3n) is 2.03. The molecule has 14 heavy (non-hydrogen) atoms. The summed E-state index contributed by atoms with van der Waals surface area (Å²) in [6.07, 6.45) is 1.59. The first-order valence-electron chi connectivity index (χ1n) is 4.23. The lowest BCUT2D eigenvalue weighted by molar-refractivity contribution is 0.875. The van der Waals surface area contributed by atoms with Gasteiger partial charge in [0.05, 0.1) is 6.33 Å². The van der Waals surface area contributed by atoms with E-state index < -0.39 is 0 Å². The van der Waals surface area contributed by atoms with Crippen LogP contribution in [-0.2, 0) is 7.05 Å². The number of fused-ring (bicyclic) bond motifs is 1. The second-order valence-corrected chi connectivity index (χ2v) is 3.36. The number of rotatable bonds is 1. The molecule has 6 nitrogen and oxygen atoms in total. The molecular formula is C8H12N6. The van der Waals surface area contributed by atoms with Gasteiger partial charge in [0.25, 0.3) is 0 Å². The number of nitrogens with zero attached hydrogens (tertiary/aromatic N) is 4. The predicted octanol–water partition coefficient (Wildman–Crippen LogP) is -0.158. The Morgan fingerprint density at radius 3 is 2.79 bits per heavy atom. The summed E-state index contributed by atoms with van der Waals surface area (Å²) in [6.45, 7) is 0. The van der Waals surface area contributed by atoms with Crippen LogP contribution >= 0.6 is 0 Å². The highest BCUT2D eigenvalue weighted by atomic mass is 15.2. The van der Waals surface area contributed by atoms with E-state index in [1.165, 1.54) is 0 Å². The van der Waals surface area contributed by atoms with Gasteiger partial charge in [0.1, 0.15) is 5.52 Å². The third kappa shape index (κ3) is 1.15. The van der Waals surface area contributed by atoms with Crippen LogP contribution in [0, 0.1) is 5.41 Å². The second-order valence-electron chi connectivity index (χ2n) is 3.36. The van der Waals surface area contributed by atoms with Crippen LogP contribution in [0.3, 0.4) is 0 Å². The number of hydrogen-bond acceptors (Lipinski definition) is 4. The van der Waals surface area contributed by atoms with Crippen molar-refractivity contribution in [3.63, 3.8) is 0 Å². The molecule has 0 bridgehead atoms. The molecule has 0 aromatic carbocycles. The molecule has 0 amide bonds. The van der Waals surface area contributed by atoms with E-state index in [9.17, 15) is 0 Å². The average molecular weight is 192 g/mol. The smallest absolute Gasteiger partial charge is 0.204 e. The zero-order valence-electron chi connectivity index (χ0n) is 8.37. The van der Waals surface area contributed by atoms with Crippen LogP contribution in [0.4, 0.5) is 5.95 Å².